The molecule has 2 aliphatic rings. The summed E-state index contributed by atoms with van der Waals surface area (Å²) in [6, 6.07) is 15.7. The average molecular weight is 450 g/mol. The summed E-state index contributed by atoms with van der Waals surface area (Å²) in [5.41, 5.74) is 3.03. The van der Waals surface area contributed by atoms with Gasteiger partial charge in [0.15, 0.2) is 6.04 Å². The molecule has 0 spiro atoms. The second-order valence-corrected chi connectivity index (χ2v) is 9.06. The minimum Gasteiger partial charge on any atom is -0.479 e. The molecule has 1 aliphatic carbocycles. The fourth-order valence-corrected chi connectivity index (χ4v) is 4.83. The highest BCUT2D eigenvalue weighted by Gasteiger charge is 2.31. The van der Waals surface area contributed by atoms with Gasteiger partial charge in [-0.3, -0.25) is 9.59 Å². The Hall–Kier alpha value is -3.19. The fraction of sp³-hybridized carbons (Fsp3) is 0.423. The van der Waals surface area contributed by atoms with Crippen molar-refractivity contribution in [3.63, 3.8) is 0 Å². The lowest BCUT2D eigenvalue weighted by Gasteiger charge is -2.30. The quantitative estimate of drug-likeness (QED) is 0.520. The van der Waals surface area contributed by atoms with E-state index in [1.165, 1.54) is 11.1 Å². The molecule has 1 heterocycles. The maximum atomic E-state index is 12.7. The zero-order valence-electron chi connectivity index (χ0n) is 18.6. The highest BCUT2D eigenvalue weighted by Crippen LogP contribution is 2.29. The number of nitrogens with one attached hydrogen (secondary N) is 3. The first-order valence-corrected chi connectivity index (χ1v) is 11.7. The molecular formula is C26H31N3O4. The van der Waals surface area contributed by atoms with Gasteiger partial charge in [-0.25, -0.2) is 4.79 Å². The molecule has 1 fully saturated rings. The highest BCUT2D eigenvalue weighted by atomic mass is 16.4. The van der Waals surface area contributed by atoms with E-state index in [1.807, 2.05) is 18.2 Å². The normalized spacial score (nSPS) is 23.1. The van der Waals surface area contributed by atoms with Crippen LogP contribution >= 0.6 is 0 Å². The Balaban J connectivity index is 1.22. The number of hydrogen-bond acceptors (Lipinski definition) is 4. The first kappa shape index (κ1) is 23.0. The average Bonchev–Trinajstić information content (AvgIpc) is 2.86. The van der Waals surface area contributed by atoms with Gasteiger partial charge in [-0.1, -0.05) is 54.6 Å². The van der Waals surface area contributed by atoms with Crippen LogP contribution in [0.2, 0.25) is 0 Å². The Labute approximate surface area is 194 Å². The molecule has 4 N–H and O–H groups in total. The summed E-state index contributed by atoms with van der Waals surface area (Å²) in [6.07, 6.45) is 3.76. The molecule has 1 saturated carbocycles. The van der Waals surface area contributed by atoms with Crippen LogP contribution in [-0.4, -0.2) is 35.5 Å². The Morgan fingerprint density at radius 2 is 1.58 bits per heavy atom. The van der Waals surface area contributed by atoms with E-state index in [0.29, 0.717) is 43.8 Å². The molecular weight excluding hydrogens is 418 g/mol. The van der Waals surface area contributed by atoms with E-state index >= 15 is 0 Å². The molecule has 174 valence electrons. The van der Waals surface area contributed by atoms with Gasteiger partial charge in [0.25, 0.3) is 0 Å². The fourth-order valence-electron chi connectivity index (χ4n) is 4.83. The Morgan fingerprint density at radius 3 is 2.27 bits per heavy atom. The van der Waals surface area contributed by atoms with Crippen LogP contribution in [0.25, 0.3) is 0 Å². The molecule has 7 heteroatoms. The topological polar surface area (TPSA) is 108 Å². The molecule has 2 aromatic carbocycles. The van der Waals surface area contributed by atoms with Gasteiger partial charge in [0, 0.05) is 19.0 Å². The largest absolute Gasteiger partial charge is 0.479 e. The minimum absolute atomic E-state index is 0.0246. The summed E-state index contributed by atoms with van der Waals surface area (Å²) in [4.78, 5) is 37.0. The number of fused-ring (bicyclic) bond motifs is 1. The molecule has 0 aromatic heterocycles. The molecule has 2 amide bonds. The number of carbonyl (C=O) groups excluding carboxylic acids is 2. The summed E-state index contributed by atoms with van der Waals surface area (Å²) in [5, 5.41) is 18.6. The summed E-state index contributed by atoms with van der Waals surface area (Å²) >= 11 is 0. The number of carboxylic acids is 1. The van der Waals surface area contributed by atoms with Gasteiger partial charge in [0.1, 0.15) is 0 Å². The Bertz CT molecular complexity index is 986. The summed E-state index contributed by atoms with van der Waals surface area (Å²) in [5.74, 6) is -1.11. The maximum Gasteiger partial charge on any atom is 0.330 e. The van der Waals surface area contributed by atoms with Crippen molar-refractivity contribution in [1.29, 1.82) is 0 Å². The van der Waals surface area contributed by atoms with E-state index in [2.05, 4.69) is 28.1 Å². The molecule has 2 atom stereocenters. The molecule has 0 radical (unpaired) electrons. The molecule has 1 aliphatic heterocycles. The van der Waals surface area contributed by atoms with Gasteiger partial charge in [-0.05, 0) is 54.7 Å². The van der Waals surface area contributed by atoms with Crippen molar-refractivity contribution >= 4 is 17.8 Å². The van der Waals surface area contributed by atoms with E-state index in [1.54, 1.807) is 24.3 Å². The van der Waals surface area contributed by atoms with E-state index in [0.717, 1.165) is 12.8 Å². The lowest BCUT2D eigenvalue weighted by Crippen LogP contribution is -2.48. The van der Waals surface area contributed by atoms with Gasteiger partial charge in [-0.2, -0.15) is 0 Å². The third kappa shape index (κ3) is 5.79. The monoisotopic (exact) mass is 449 g/mol. The van der Waals surface area contributed by atoms with E-state index in [-0.39, 0.29) is 23.8 Å². The van der Waals surface area contributed by atoms with Crippen LogP contribution in [-0.2, 0) is 27.3 Å². The highest BCUT2D eigenvalue weighted by molar-refractivity contribution is 5.86. The number of rotatable bonds is 7. The van der Waals surface area contributed by atoms with E-state index < -0.39 is 12.0 Å². The second-order valence-electron chi connectivity index (χ2n) is 9.06. The molecule has 4 rings (SSSR count). The summed E-state index contributed by atoms with van der Waals surface area (Å²) in [7, 11) is 0. The van der Waals surface area contributed by atoms with Gasteiger partial charge in [0.2, 0.25) is 11.8 Å². The summed E-state index contributed by atoms with van der Waals surface area (Å²) in [6.45, 7) is 1.31. The van der Waals surface area contributed by atoms with Crippen molar-refractivity contribution in [2.45, 2.75) is 50.7 Å². The van der Waals surface area contributed by atoms with Crippen LogP contribution in [0, 0.1) is 11.8 Å². The predicted octanol–water partition coefficient (Wildman–Crippen LogP) is 2.57. The van der Waals surface area contributed by atoms with Crippen molar-refractivity contribution in [3.05, 3.63) is 71.3 Å². The van der Waals surface area contributed by atoms with Gasteiger partial charge in [0.05, 0.1) is 6.04 Å². The van der Waals surface area contributed by atoms with Crippen molar-refractivity contribution in [2.75, 3.05) is 6.54 Å². The van der Waals surface area contributed by atoms with Crippen molar-refractivity contribution in [2.24, 2.45) is 11.8 Å². The third-order valence-corrected chi connectivity index (χ3v) is 6.85. The SMILES string of the molecule is O=C(N[C@H](C(=O)O)c1ccccc1)C1CCC(CNC(=O)[C@H]2Cc3ccccc3CN2)CC1. The van der Waals surface area contributed by atoms with Crippen LogP contribution in [0.4, 0.5) is 0 Å². The lowest BCUT2D eigenvalue weighted by atomic mass is 9.81. The van der Waals surface area contributed by atoms with E-state index in [9.17, 15) is 19.5 Å². The molecule has 0 bridgehead atoms. The lowest BCUT2D eigenvalue weighted by molar-refractivity contribution is -0.143. The van der Waals surface area contributed by atoms with Crippen LogP contribution in [0.15, 0.2) is 54.6 Å². The third-order valence-electron chi connectivity index (χ3n) is 6.85. The van der Waals surface area contributed by atoms with E-state index in [4.69, 9.17) is 0 Å². The minimum atomic E-state index is -1.06. The standard InChI is InChI=1S/C26H31N3O4/c30-24(29-23(26(32)33)18-6-2-1-3-7-18)19-12-10-17(11-13-19)15-28-25(31)22-14-20-8-4-5-9-21(20)16-27-22/h1-9,17,19,22-23,27H,10-16H2,(H,28,31)(H,29,30)(H,32,33)/t17?,19?,22-,23+/m1/s1. The number of carboxylic acid groups (broad SMARTS) is 1. The zero-order valence-corrected chi connectivity index (χ0v) is 18.6. The van der Waals surface area contributed by atoms with Crippen LogP contribution < -0.4 is 16.0 Å². The smallest absolute Gasteiger partial charge is 0.330 e. The maximum absolute atomic E-state index is 12.7. The first-order chi connectivity index (χ1) is 16.0. The van der Waals surface area contributed by atoms with Crippen molar-refractivity contribution in [3.8, 4) is 0 Å². The number of amides is 2. The number of benzene rings is 2. The predicted molar refractivity (Wildman–Crippen MR) is 124 cm³/mol. The molecule has 33 heavy (non-hydrogen) atoms. The molecule has 7 nitrogen and oxygen atoms in total. The first-order valence-electron chi connectivity index (χ1n) is 11.7. The molecule has 0 saturated heterocycles. The van der Waals surface area contributed by atoms with Crippen LogP contribution in [0.1, 0.15) is 48.4 Å². The second kappa shape index (κ2) is 10.6. The zero-order chi connectivity index (χ0) is 23.2. The number of carbonyl (C=O) groups is 3. The van der Waals surface area contributed by atoms with Crippen LogP contribution in [0.3, 0.4) is 0 Å². The van der Waals surface area contributed by atoms with Crippen molar-refractivity contribution in [1.82, 2.24) is 16.0 Å². The van der Waals surface area contributed by atoms with Crippen LogP contribution in [0.5, 0.6) is 0 Å². The molecule has 2 aromatic rings. The summed E-state index contributed by atoms with van der Waals surface area (Å²) < 4.78 is 0. The Kier molecular flexibility index (Phi) is 7.40. The molecule has 0 unspecified atom stereocenters. The van der Waals surface area contributed by atoms with Crippen molar-refractivity contribution < 1.29 is 19.5 Å². The van der Waals surface area contributed by atoms with Gasteiger partial charge in [-0.15, -0.1) is 0 Å². The number of hydrogen-bond donors (Lipinski definition) is 4. The van der Waals surface area contributed by atoms with Gasteiger partial charge >= 0.3 is 5.97 Å². The van der Waals surface area contributed by atoms with Gasteiger partial charge < -0.3 is 21.1 Å². The Morgan fingerprint density at radius 1 is 0.909 bits per heavy atom. The number of aliphatic carboxylic acids is 1.